The average Bonchev–Trinajstić information content (AvgIpc) is 2.67. The number of carbonyl (C=O) groups excluding carboxylic acids is 2. The molecule has 2 rings (SSSR count). The fourth-order valence-electron chi connectivity index (χ4n) is 2.78. The fourth-order valence-corrected chi connectivity index (χ4v) is 5.55. The first-order valence-corrected chi connectivity index (χ1v) is 12.4. The molecular formula is C23H20Br4O4. The molecule has 0 N–H and O–H groups in total. The van der Waals surface area contributed by atoms with Crippen molar-refractivity contribution in [3.8, 4) is 11.5 Å². The minimum Gasteiger partial charge on any atom is -0.421 e. The zero-order valence-electron chi connectivity index (χ0n) is 17.2. The van der Waals surface area contributed by atoms with Crippen LogP contribution < -0.4 is 9.47 Å². The highest BCUT2D eigenvalue weighted by Gasteiger charge is 2.21. The maximum atomic E-state index is 11.9. The summed E-state index contributed by atoms with van der Waals surface area (Å²) in [5.74, 6) is -0.146. The quantitative estimate of drug-likeness (QED) is 0.168. The van der Waals surface area contributed by atoms with Gasteiger partial charge in [0.15, 0.2) is 11.5 Å². The third-order valence-corrected chi connectivity index (χ3v) is 6.70. The minimum absolute atomic E-state index is 0.0389. The van der Waals surface area contributed by atoms with Crippen LogP contribution in [0.5, 0.6) is 11.5 Å². The van der Waals surface area contributed by atoms with Gasteiger partial charge in [-0.3, -0.25) is 0 Å². The lowest BCUT2D eigenvalue weighted by atomic mass is 9.89. The Morgan fingerprint density at radius 1 is 0.774 bits per heavy atom. The molecule has 0 aliphatic rings. The summed E-state index contributed by atoms with van der Waals surface area (Å²) < 4.78 is 13.4. The van der Waals surface area contributed by atoms with Gasteiger partial charge in [0.25, 0.3) is 0 Å². The Balaban J connectivity index is 2.44. The third kappa shape index (κ3) is 6.40. The van der Waals surface area contributed by atoms with Crippen LogP contribution in [-0.2, 0) is 9.59 Å². The van der Waals surface area contributed by atoms with E-state index in [9.17, 15) is 9.59 Å². The molecule has 8 heteroatoms. The lowest BCUT2D eigenvalue weighted by Crippen LogP contribution is -2.10. The van der Waals surface area contributed by atoms with Gasteiger partial charge in [-0.05, 0) is 119 Å². The molecule has 0 aliphatic carbocycles. The highest BCUT2D eigenvalue weighted by atomic mass is 79.9. The van der Waals surface area contributed by atoms with Crippen molar-refractivity contribution in [1.82, 2.24) is 0 Å². The Labute approximate surface area is 215 Å². The van der Waals surface area contributed by atoms with Gasteiger partial charge in [0.05, 0.1) is 17.9 Å². The van der Waals surface area contributed by atoms with E-state index in [1.165, 1.54) is 0 Å². The predicted octanol–water partition coefficient (Wildman–Crippen LogP) is 8.24. The van der Waals surface area contributed by atoms with Crippen LogP contribution in [0.25, 0.3) is 0 Å². The standard InChI is InChI=1S/C23H20Br4O4/c1-6-15(13-7-16(24)20(17(25)8-13)30-22(28)11(2)3)14-9-18(26)21(19(27)10-14)31-23(29)12(4)5/h7-10,15H,2,4,6H2,1,3,5H3. The molecule has 0 fully saturated rings. The molecule has 0 saturated heterocycles. The fraction of sp³-hybridized carbons (Fsp3) is 0.217. The Bertz CT molecular complexity index is 946. The maximum absolute atomic E-state index is 11.9. The van der Waals surface area contributed by atoms with Gasteiger partial charge in [0.2, 0.25) is 0 Å². The molecule has 0 unspecified atom stereocenters. The monoisotopic (exact) mass is 676 g/mol. The number of hydrogen-bond acceptors (Lipinski definition) is 4. The largest absolute Gasteiger partial charge is 0.421 e. The first kappa shape index (κ1) is 26.0. The van der Waals surface area contributed by atoms with Gasteiger partial charge in [-0.15, -0.1) is 0 Å². The maximum Gasteiger partial charge on any atom is 0.338 e. The number of halogens is 4. The number of esters is 2. The molecule has 0 aliphatic heterocycles. The van der Waals surface area contributed by atoms with Crippen LogP contribution in [0.3, 0.4) is 0 Å². The van der Waals surface area contributed by atoms with Gasteiger partial charge in [0, 0.05) is 17.1 Å². The molecule has 0 amide bonds. The molecule has 0 spiro atoms. The summed E-state index contributed by atoms with van der Waals surface area (Å²) >= 11 is 14.0. The highest BCUT2D eigenvalue weighted by Crippen LogP contribution is 2.42. The van der Waals surface area contributed by atoms with Crippen molar-refractivity contribution in [2.24, 2.45) is 0 Å². The topological polar surface area (TPSA) is 52.6 Å². The van der Waals surface area contributed by atoms with E-state index in [0.29, 0.717) is 40.5 Å². The first-order chi connectivity index (χ1) is 14.5. The number of carbonyl (C=O) groups is 2. The number of benzene rings is 2. The Hall–Kier alpha value is -1.22. The summed E-state index contributed by atoms with van der Waals surface area (Å²) in [5.41, 5.74) is 2.66. The van der Waals surface area contributed by atoms with E-state index >= 15 is 0 Å². The molecular weight excluding hydrogens is 660 g/mol. The Morgan fingerprint density at radius 3 is 1.29 bits per heavy atom. The van der Waals surface area contributed by atoms with Crippen molar-refractivity contribution in [1.29, 1.82) is 0 Å². The second-order valence-electron chi connectivity index (χ2n) is 6.93. The van der Waals surface area contributed by atoms with Crippen molar-refractivity contribution >= 4 is 75.7 Å². The van der Waals surface area contributed by atoms with Crippen molar-refractivity contribution in [2.45, 2.75) is 33.1 Å². The van der Waals surface area contributed by atoms with Crippen LogP contribution in [0, 0.1) is 0 Å². The van der Waals surface area contributed by atoms with Gasteiger partial charge >= 0.3 is 11.9 Å². The zero-order valence-corrected chi connectivity index (χ0v) is 23.5. The molecule has 4 nitrogen and oxygen atoms in total. The molecule has 0 atom stereocenters. The van der Waals surface area contributed by atoms with E-state index in [1.54, 1.807) is 13.8 Å². The number of rotatable bonds is 7. The summed E-state index contributed by atoms with van der Waals surface area (Å²) in [6.45, 7) is 12.5. The third-order valence-electron chi connectivity index (χ3n) is 4.34. The first-order valence-electron chi connectivity index (χ1n) is 9.19. The second kappa shape index (κ2) is 11.1. The summed E-state index contributed by atoms with van der Waals surface area (Å²) in [5, 5.41) is 0. The van der Waals surface area contributed by atoms with Gasteiger partial charge in [-0.1, -0.05) is 20.1 Å². The molecule has 0 heterocycles. The van der Waals surface area contributed by atoms with Crippen molar-refractivity contribution in [3.63, 3.8) is 0 Å². The van der Waals surface area contributed by atoms with Crippen molar-refractivity contribution in [3.05, 3.63) is 77.6 Å². The number of ether oxygens (including phenoxy) is 2. The van der Waals surface area contributed by atoms with Gasteiger partial charge in [0.1, 0.15) is 0 Å². The van der Waals surface area contributed by atoms with E-state index < -0.39 is 11.9 Å². The normalized spacial score (nSPS) is 10.7. The van der Waals surface area contributed by atoms with E-state index in [2.05, 4.69) is 83.8 Å². The summed E-state index contributed by atoms with van der Waals surface area (Å²) in [7, 11) is 0. The van der Waals surface area contributed by atoms with Crippen LogP contribution in [0.4, 0.5) is 0 Å². The molecule has 0 saturated carbocycles. The molecule has 2 aromatic rings. The van der Waals surface area contributed by atoms with Gasteiger partial charge < -0.3 is 9.47 Å². The Morgan fingerprint density at radius 2 is 1.06 bits per heavy atom. The molecule has 2 aromatic carbocycles. The van der Waals surface area contributed by atoms with Crippen LogP contribution in [-0.4, -0.2) is 11.9 Å². The van der Waals surface area contributed by atoms with E-state index in [4.69, 9.17) is 9.47 Å². The van der Waals surface area contributed by atoms with Crippen LogP contribution >= 0.6 is 63.7 Å². The number of hydrogen-bond donors (Lipinski definition) is 0. The van der Waals surface area contributed by atoms with Crippen LogP contribution in [0.15, 0.2) is 66.5 Å². The van der Waals surface area contributed by atoms with Gasteiger partial charge in [-0.25, -0.2) is 9.59 Å². The predicted molar refractivity (Wildman–Crippen MR) is 137 cm³/mol. The van der Waals surface area contributed by atoms with Crippen LogP contribution in [0.1, 0.15) is 44.2 Å². The minimum atomic E-state index is -0.492. The van der Waals surface area contributed by atoms with Crippen LogP contribution in [0.2, 0.25) is 0 Å². The van der Waals surface area contributed by atoms with E-state index in [-0.39, 0.29) is 5.92 Å². The highest BCUT2D eigenvalue weighted by molar-refractivity contribution is 9.11. The summed E-state index contributed by atoms with van der Waals surface area (Å²) in [6, 6.07) is 7.71. The zero-order chi connectivity index (χ0) is 23.5. The summed E-state index contributed by atoms with van der Waals surface area (Å²) in [6.07, 6.45) is 0.813. The van der Waals surface area contributed by atoms with E-state index in [0.717, 1.165) is 17.5 Å². The van der Waals surface area contributed by atoms with Crippen molar-refractivity contribution < 1.29 is 19.1 Å². The lowest BCUT2D eigenvalue weighted by molar-refractivity contribution is -0.131. The van der Waals surface area contributed by atoms with E-state index in [1.807, 2.05) is 24.3 Å². The second-order valence-corrected chi connectivity index (χ2v) is 10.3. The molecule has 164 valence electrons. The Kier molecular flexibility index (Phi) is 9.30. The van der Waals surface area contributed by atoms with Gasteiger partial charge in [-0.2, -0.15) is 0 Å². The van der Waals surface area contributed by atoms with Crippen molar-refractivity contribution in [2.75, 3.05) is 0 Å². The SMILES string of the molecule is C=C(C)C(=O)Oc1c(Br)cc(C(CC)c2cc(Br)c(OC(=O)C(=C)C)c(Br)c2)cc1Br. The molecule has 31 heavy (non-hydrogen) atoms. The molecule has 0 radical (unpaired) electrons. The molecule has 0 bridgehead atoms. The average molecular weight is 680 g/mol. The lowest BCUT2D eigenvalue weighted by Gasteiger charge is -2.20. The summed E-state index contributed by atoms with van der Waals surface area (Å²) in [4.78, 5) is 23.8. The smallest absolute Gasteiger partial charge is 0.338 e. The molecule has 0 aromatic heterocycles.